The number of fused-ring (bicyclic) bond motifs is 1. The van der Waals surface area contributed by atoms with Crippen LogP contribution in [0.3, 0.4) is 0 Å². The van der Waals surface area contributed by atoms with Crippen LogP contribution in [0, 0.1) is 6.92 Å². The van der Waals surface area contributed by atoms with Crippen molar-refractivity contribution in [3.63, 3.8) is 0 Å². The van der Waals surface area contributed by atoms with Gasteiger partial charge in [-0.1, -0.05) is 24.3 Å². The molecule has 0 bridgehead atoms. The number of aromatic nitrogens is 3. The minimum absolute atomic E-state index is 0.185. The van der Waals surface area contributed by atoms with Crippen LogP contribution < -0.4 is 0 Å². The molecule has 2 aromatic heterocycles. The van der Waals surface area contributed by atoms with Crippen LogP contribution in [0.5, 0.6) is 5.75 Å². The summed E-state index contributed by atoms with van der Waals surface area (Å²) >= 11 is 0. The highest BCUT2D eigenvalue weighted by atomic mass is 16.3. The third-order valence-electron chi connectivity index (χ3n) is 4.49. The van der Waals surface area contributed by atoms with Crippen LogP contribution in [0.15, 0.2) is 42.7 Å². The molecular formula is C19H20N4O. The van der Waals surface area contributed by atoms with Crippen molar-refractivity contribution in [1.82, 2.24) is 19.7 Å². The van der Waals surface area contributed by atoms with Gasteiger partial charge in [-0.2, -0.15) is 5.10 Å². The zero-order valence-electron chi connectivity index (χ0n) is 13.9. The molecule has 0 spiro atoms. The molecular weight excluding hydrogens is 300 g/mol. The van der Waals surface area contributed by atoms with Crippen LogP contribution >= 0.6 is 0 Å². The molecule has 24 heavy (non-hydrogen) atoms. The summed E-state index contributed by atoms with van der Waals surface area (Å²) in [6.07, 6.45) is 3.23. The van der Waals surface area contributed by atoms with Gasteiger partial charge in [0, 0.05) is 30.4 Å². The Morgan fingerprint density at radius 1 is 1.17 bits per heavy atom. The van der Waals surface area contributed by atoms with E-state index in [1.807, 2.05) is 0 Å². The van der Waals surface area contributed by atoms with Crippen molar-refractivity contribution in [3.8, 4) is 17.0 Å². The first-order valence-electron chi connectivity index (χ1n) is 8.08. The zero-order valence-corrected chi connectivity index (χ0v) is 13.9. The van der Waals surface area contributed by atoms with Gasteiger partial charge in [0.1, 0.15) is 5.75 Å². The Kier molecular flexibility index (Phi) is 3.58. The van der Waals surface area contributed by atoms with Gasteiger partial charge in [-0.3, -0.25) is 14.6 Å². The van der Waals surface area contributed by atoms with Gasteiger partial charge in [0.2, 0.25) is 0 Å². The number of aryl methyl sites for hydroxylation is 1. The molecule has 0 saturated heterocycles. The maximum absolute atomic E-state index is 9.67. The summed E-state index contributed by atoms with van der Waals surface area (Å²) in [5.74, 6) is 0.185. The van der Waals surface area contributed by atoms with E-state index in [1.54, 1.807) is 12.3 Å². The summed E-state index contributed by atoms with van der Waals surface area (Å²) in [6, 6.07) is 10.2. The Bertz CT molecular complexity index is 900. The number of hydrogen-bond acceptors (Lipinski definition) is 4. The maximum atomic E-state index is 9.67. The number of rotatable bonds is 3. The first-order chi connectivity index (χ1) is 11.6. The molecule has 1 aliphatic heterocycles. The maximum Gasteiger partial charge on any atom is 0.134 e. The van der Waals surface area contributed by atoms with Crippen LogP contribution in [-0.2, 0) is 19.6 Å². The van der Waals surface area contributed by atoms with Crippen LogP contribution in [0.1, 0.15) is 22.4 Å². The minimum Gasteiger partial charge on any atom is -0.506 e. The van der Waals surface area contributed by atoms with Gasteiger partial charge in [-0.05, 0) is 31.2 Å². The summed E-state index contributed by atoms with van der Waals surface area (Å²) in [6.45, 7) is 4.52. The molecule has 3 aromatic rings. The SMILES string of the molecule is Cc1ccccc1-c1c2c(nn1Cc1cncc(O)c1)CN(C)C2. The van der Waals surface area contributed by atoms with E-state index < -0.39 is 0 Å². The molecule has 0 amide bonds. The van der Waals surface area contributed by atoms with E-state index in [-0.39, 0.29) is 5.75 Å². The highest BCUT2D eigenvalue weighted by Gasteiger charge is 2.26. The molecule has 5 heteroatoms. The molecule has 0 atom stereocenters. The fourth-order valence-electron chi connectivity index (χ4n) is 3.41. The van der Waals surface area contributed by atoms with Crippen LogP contribution in [0.4, 0.5) is 0 Å². The van der Waals surface area contributed by atoms with Crippen LogP contribution in [0.2, 0.25) is 0 Å². The van der Waals surface area contributed by atoms with Crippen molar-refractivity contribution >= 4 is 0 Å². The first-order valence-corrected chi connectivity index (χ1v) is 8.08. The predicted octanol–water partition coefficient (Wildman–Crippen LogP) is 2.95. The van der Waals surface area contributed by atoms with Crippen molar-refractivity contribution in [3.05, 3.63) is 65.1 Å². The van der Waals surface area contributed by atoms with E-state index in [0.717, 1.165) is 24.3 Å². The average molecular weight is 320 g/mol. The number of nitrogens with zero attached hydrogens (tertiary/aromatic N) is 4. The second kappa shape index (κ2) is 5.76. The summed E-state index contributed by atoms with van der Waals surface area (Å²) < 4.78 is 2.05. The van der Waals surface area contributed by atoms with Crippen LogP contribution in [0.25, 0.3) is 11.3 Å². The molecule has 3 heterocycles. The quantitative estimate of drug-likeness (QED) is 0.806. The predicted molar refractivity (Wildman–Crippen MR) is 92.6 cm³/mol. The Morgan fingerprint density at radius 2 is 2.00 bits per heavy atom. The van der Waals surface area contributed by atoms with E-state index in [0.29, 0.717) is 6.54 Å². The monoisotopic (exact) mass is 320 g/mol. The molecule has 122 valence electrons. The van der Waals surface area contributed by atoms with Crippen molar-refractivity contribution in [2.75, 3.05) is 7.05 Å². The van der Waals surface area contributed by atoms with Gasteiger partial charge in [-0.25, -0.2) is 0 Å². The normalized spacial score (nSPS) is 14.1. The molecule has 5 nitrogen and oxygen atoms in total. The van der Waals surface area contributed by atoms with Crippen molar-refractivity contribution in [2.24, 2.45) is 0 Å². The molecule has 4 rings (SSSR count). The molecule has 0 fully saturated rings. The smallest absolute Gasteiger partial charge is 0.134 e. The average Bonchev–Trinajstić information content (AvgIpc) is 3.04. The Morgan fingerprint density at radius 3 is 2.79 bits per heavy atom. The van der Waals surface area contributed by atoms with E-state index in [2.05, 4.69) is 52.8 Å². The second-order valence-electron chi connectivity index (χ2n) is 6.47. The first kappa shape index (κ1) is 14.9. The highest BCUT2D eigenvalue weighted by molar-refractivity contribution is 5.68. The minimum atomic E-state index is 0.185. The van der Waals surface area contributed by atoms with Gasteiger partial charge in [0.15, 0.2) is 0 Å². The summed E-state index contributed by atoms with van der Waals surface area (Å²) in [5, 5.41) is 14.5. The van der Waals surface area contributed by atoms with E-state index >= 15 is 0 Å². The molecule has 1 N–H and O–H groups in total. The number of hydrogen-bond donors (Lipinski definition) is 1. The van der Waals surface area contributed by atoms with E-state index in [9.17, 15) is 5.11 Å². The number of pyridine rings is 1. The lowest BCUT2D eigenvalue weighted by molar-refractivity contribution is 0.346. The van der Waals surface area contributed by atoms with Crippen molar-refractivity contribution in [2.45, 2.75) is 26.6 Å². The van der Waals surface area contributed by atoms with Gasteiger partial charge in [0.05, 0.1) is 24.1 Å². The molecule has 0 unspecified atom stereocenters. The fraction of sp³-hybridized carbons (Fsp3) is 0.263. The largest absolute Gasteiger partial charge is 0.506 e. The standard InChI is InChI=1S/C19H20N4O/c1-13-5-3-4-6-16(13)19-17-11-22(2)12-18(17)21-23(19)10-14-7-15(24)9-20-8-14/h3-9,24H,10-12H2,1-2H3. The lowest BCUT2D eigenvalue weighted by atomic mass is 10.0. The highest BCUT2D eigenvalue weighted by Crippen LogP contribution is 2.34. The van der Waals surface area contributed by atoms with E-state index in [4.69, 9.17) is 5.10 Å². The fourth-order valence-corrected chi connectivity index (χ4v) is 3.41. The summed E-state index contributed by atoms with van der Waals surface area (Å²) in [7, 11) is 2.12. The third-order valence-corrected chi connectivity index (χ3v) is 4.49. The van der Waals surface area contributed by atoms with Crippen molar-refractivity contribution in [1.29, 1.82) is 0 Å². The van der Waals surface area contributed by atoms with Gasteiger partial charge < -0.3 is 5.11 Å². The molecule has 0 saturated carbocycles. The lowest BCUT2D eigenvalue weighted by Gasteiger charge is -2.14. The third kappa shape index (κ3) is 2.57. The topological polar surface area (TPSA) is 54.2 Å². The second-order valence-corrected chi connectivity index (χ2v) is 6.47. The zero-order chi connectivity index (χ0) is 16.7. The van der Waals surface area contributed by atoms with E-state index in [1.165, 1.54) is 28.6 Å². The van der Waals surface area contributed by atoms with Crippen LogP contribution in [-0.4, -0.2) is 31.8 Å². The molecule has 1 aromatic carbocycles. The molecule has 0 radical (unpaired) electrons. The Labute approximate surface area is 141 Å². The van der Waals surface area contributed by atoms with Gasteiger partial charge in [-0.15, -0.1) is 0 Å². The molecule has 1 aliphatic rings. The lowest BCUT2D eigenvalue weighted by Crippen LogP contribution is -2.13. The number of aromatic hydroxyl groups is 1. The number of benzene rings is 1. The van der Waals surface area contributed by atoms with Gasteiger partial charge >= 0.3 is 0 Å². The van der Waals surface area contributed by atoms with Gasteiger partial charge in [0.25, 0.3) is 0 Å². The van der Waals surface area contributed by atoms with Crippen molar-refractivity contribution < 1.29 is 5.11 Å². The summed E-state index contributed by atoms with van der Waals surface area (Å²) in [5.41, 5.74) is 7.03. The Balaban J connectivity index is 1.83. The Hall–Kier alpha value is -2.66. The molecule has 0 aliphatic carbocycles. The summed E-state index contributed by atoms with van der Waals surface area (Å²) in [4.78, 5) is 6.35.